The molecule has 0 aromatic heterocycles. The topological polar surface area (TPSA) is 49.3 Å². The molecule has 0 radical (unpaired) electrons. The summed E-state index contributed by atoms with van der Waals surface area (Å²) in [5.74, 6) is -0.160. The average Bonchev–Trinajstić information content (AvgIpc) is 2.68. The molecule has 4 heteroatoms. The minimum absolute atomic E-state index is 0.160. The maximum atomic E-state index is 11.9. The minimum atomic E-state index is -0.726. The van der Waals surface area contributed by atoms with E-state index in [1.54, 1.807) is 6.08 Å². The Labute approximate surface area is 134 Å². The molecular formula is C17H22BrNO2. The number of halogens is 1. The van der Waals surface area contributed by atoms with Gasteiger partial charge < -0.3 is 10.4 Å². The Bertz CT molecular complexity index is 505. The van der Waals surface area contributed by atoms with Crippen molar-refractivity contribution in [2.45, 2.75) is 44.1 Å². The van der Waals surface area contributed by atoms with E-state index in [4.69, 9.17) is 0 Å². The highest BCUT2D eigenvalue weighted by molar-refractivity contribution is 9.10. The van der Waals surface area contributed by atoms with Gasteiger partial charge in [-0.25, -0.2) is 0 Å². The van der Waals surface area contributed by atoms with Gasteiger partial charge in [0.05, 0.1) is 5.60 Å². The third-order valence-electron chi connectivity index (χ3n) is 3.90. The van der Waals surface area contributed by atoms with Gasteiger partial charge in [0.1, 0.15) is 0 Å². The second-order valence-electron chi connectivity index (χ2n) is 5.74. The first-order valence-electron chi connectivity index (χ1n) is 7.51. The van der Waals surface area contributed by atoms with E-state index in [-0.39, 0.29) is 5.91 Å². The van der Waals surface area contributed by atoms with Gasteiger partial charge in [0.2, 0.25) is 5.91 Å². The number of rotatable bonds is 4. The van der Waals surface area contributed by atoms with Crippen LogP contribution >= 0.6 is 15.9 Å². The standard InChI is InChI=1S/C17H22BrNO2/c18-15-7-5-6-14(12-15)8-9-16(20)19-13-17(21)10-3-1-2-4-11-17/h5-9,12,21H,1-4,10-11,13H2,(H,19,20). The lowest BCUT2D eigenvalue weighted by Crippen LogP contribution is -2.42. The molecular weight excluding hydrogens is 330 g/mol. The molecule has 1 saturated carbocycles. The minimum Gasteiger partial charge on any atom is -0.388 e. The first kappa shape index (κ1) is 16.2. The molecule has 1 amide bonds. The van der Waals surface area contributed by atoms with Crippen LogP contribution in [0.4, 0.5) is 0 Å². The van der Waals surface area contributed by atoms with Gasteiger partial charge in [-0.15, -0.1) is 0 Å². The fourth-order valence-corrected chi connectivity index (χ4v) is 3.07. The summed E-state index contributed by atoms with van der Waals surface area (Å²) in [5, 5.41) is 13.3. The third-order valence-corrected chi connectivity index (χ3v) is 4.40. The Balaban J connectivity index is 1.84. The monoisotopic (exact) mass is 351 g/mol. The van der Waals surface area contributed by atoms with E-state index in [2.05, 4.69) is 21.2 Å². The zero-order valence-corrected chi connectivity index (χ0v) is 13.7. The number of benzene rings is 1. The van der Waals surface area contributed by atoms with Crippen LogP contribution in [-0.4, -0.2) is 23.2 Å². The second-order valence-corrected chi connectivity index (χ2v) is 6.66. The molecule has 0 heterocycles. The number of aliphatic hydroxyl groups is 1. The molecule has 1 aliphatic carbocycles. The number of carbonyl (C=O) groups is 1. The van der Waals surface area contributed by atoms with Crippen LogP contribution in [0.15, 0.2) is 34.8 Å². The molecule has 2 rings (SSSR count). The van der Waals surface area contributed by atoms with Crippen molar-refractivity contribution in [1.29, 1.82) is 0 Å². The molecule has 2 N–H and O–H groups in total. The SMILES string of the molecule is O=C(C=Cc1cccc(Br)c1)NCC1(O)CCCCCC1. The van der Waals surface area contributed by atoms with Crippen LogP contribution < -0.4 is 5.32 Å². The van der Waals surface area contributed by atoms with Gasteiger partial charge in [0.25, 0.3) is 0 Å². The first-order chi connectivity index (χ1) is 10.1. The van der Waals surface area contributed by atoms with Crippen LogP contribution in [-0.2, 0) is 4.79 Å². The molecule has 21 heavy (non-hydrogen) atoms. The average molecular weight is 352 g/mol. The van der Waals surface area contributed by atoms with Crippen LogP contribution in [0.25, 0.3) is 6.08 Å². The van der Waals surface area contributed by atoms with Crippen molar-refractivity contribution in [2.75, 3.05) is 6.54 Å². The smallest absolute Gasteiger partial charge is 0.244 e. The highest BCUT2D eigenvalue weighted by atomic mass is 79.9. The van der Waals surface area contributed by atoms with Gasteiger partial charge in [-0.1, -0.05) is 53.7 Å². The van der Waals surface area contributed by atoms with E-state index in [9.17, 15) is 9.90 Å². The number of hydrogen-bond donors (Lipinski definition) is 2. The number of nitrogens with one attached hydrogen (secondary N) is 1. The Kier molecular flexibility index (Phi) is 6.00. The van der Waals surface area contributed by atoms with E-state index < -0.39 is 5.60 Å². The Hall–Kier alpha value is -1.13. The van der Waals surface area contributed by atoms with Gasteiger partial charge in [-0.3, -0.25) is 4.79 Å². The van der Waals surface area contributed by atoms with Crippen LogP contribution in [0.5, 0.6) is 0 Å². The van der Waals surface area contributed by atoms with E-state index in [1.165, 1.54) is 18.9 Å². The predicted octanol–water partition coefficient (Wildman–Crippen LogP) is 3.66. The van der Waals surface area contributed by atoms with Crippen molar-refractivity contribution in [3.63, 3.8) is 0 Å². The maximum absolute atomic E-state index is 11.9. The quantitative estimate of drug-likeness (QED) is 0.642. The van der Waals surface area contributed by atoms with Crippen LogP contribution in [0, 0.1) is 0 Å². The van der Waals surface area contributed by atoms with Crippen molar-refractivity contribution in [3.05, 3.63) is 40.4 Å². The fraction of sp³-hybridized carbons (Fsp3) is 0.471. The van der Waals surface area contributed by atoms with Crippen molar-refractivity contribution < 1.29 is 9.90 Å². The van der Waals surface area contributed by atoms with Crippen molar-refractivity contribution >= 4 is 27.9 Å². The number of hydrogen-bond acceptors (Lipinski definition) is 2. The van der Waals surface area contributed by atoms with Gasteiger partial charge in [0, 0.05) is 17.1 Å². The number of amides is 1. The highest BCUT2D eigenvalue weighted by Gasteiger charge is 2.27. The molecule has 0 atom stereocenters. The molecule has 3 nitrogen and oxygen atoms in total. The summed E-state index contributed by atoms with van der Waals surface area (Å²) in [5.41, 5.74) is 0.239. The van der Waals surface area contributed by atoms with Crippen molar-refractivity contribution in [2.24, 2.45) is 0 Å². The second kappa shape index (κ2) is 7.76. The molecule has 0 aliphatic heterocycles. The molecule has 1 fully saturated rings. The normalized spacial score (nSPS) is 18.4. The predicted molar refractivity (Wildman–Crippen MR) is 88.8 cm³/mol. The van der Waals surface area contributed by atoms with Gasteiger partial charge in [-0.2, -0.15) is 0 Å². The molecule has 1 aliphatic rings. The lowest BCUT2D eigenvalue weighted by atomic mass is 9.94. The van der Waals surface area contributed by atoms with E-state index in [1.807, 2.05) is 24.3 Å². The van der Waals surface area contributed by atoms with Gasteiger partial charge in [-0.05, 0) is 36.6 Å². The lowest BCUT2D eigenvalue weighted by Gasteiger charge is -2.26. The lowest BCUT2D eigenvalue weighted by molar-refractivity contribution is -0.117. The fourth-order valence-electron chi connectivity index (χ4n) is 2.66. The molecule has 1 aromatic carbocycles. The highest BCUT2D eigenvalue weighted by Crippen LogP contribution is 2.26. The van der Waals surface area contributed by atoms with Crippen LogP contribution in [0.1, 0.15) is 44.1 Å². The molecule has 0 bridgehead atoms. The number of carbonyl (C=O) groups excluding carboxylic acids is 1. The summed E-state index contributed by atoms with van der Waals surface area (Å²) in [6.45, 7) is 0.342. The third kappa shape index (κ3) is 5.64. The summed E-state index contributed by atoms with van der Waals surface area (Å²) in [6.07, 6.45) is 9.29. The Morgan fingerprint density at radius 1 is 1.29 bits per heavy atom. The molecule has 0 saturated heterocycles. The molecule has 1 aromatic rings. The molecule has 0 spiro atoms. The van der Waals surface area contributed by atoms with Gasteiger partial charge >= 0.3 is 0 Å². The van der Waals surface area contributed by atoms with E-state index >= 15 is 0 Å². The van der Waals surface area contributed by atoms with Crippen LogP contribution in [0.3, 0.4) is 0 Å². The summed E-state index contributed by atoms with van der Waals surface area (Å²) in [4.78, 5) is 11.9. The first-order valence-corrected chi connectivity index (χ1v) is 8.31. The summed E-state index contributed by atoms with van der Waals surface area (Å²) >= 11 is 3.40. The van der Waals surface area contributed by atoms with Crippen molar-refractivity contribution in [1.82, 2.24) is 5.32 Å². The van der Waals surface area contributed by atoms with Crippen LogP contribution in [0.2, 0.25) is 0 Å². The Morgan fingerprint density at radius 2 is 2.00 bits per heavy atom. The zero-order chi connectivity index (χ0) is 15.1. The molecule has 114 valence electrons. The van der Waals surface area contributed by atoms with E-state index in [0.29, 0.717) is 6.54 Å². The Morgan fingerprint density at radius 3 is 2.67 bits per heavy atom. The van der Waals surface area contributed by atoms with E-state index in [0.717, 1.165) is 35.7 Å². The molecule has 0 unspecified atom stereocenters. The zero-order valence-electron chi connectivity index (χ0n) is 12.1. The van der Waals surface area contributed by atoms with Crippen molar-refractivity contribution in [3.8, 4) is 0 Å². The maximum Gasteiger partial charge on any atom is 0.244 e. The summed E-state index contributed by atoms with van der Waals surface area (Å²) in [7, 11) is 0. The van der Waals surface area contributed by atoms with Gasteiger partial charge in [0.15, 0.2) is 0 Å². The summed E-state index contributed by atoms with van der Waals surface area (Å²) in [6, 6.07) is 7.75. The summed E-state index contributed by atoms with van der Waals surface area (Å²) < 4.78 is 0.984. The largest absolute Gasteiger partial charge is 0.388 e.